The van der Waals surface area contributed by atoms with Crippen LogP contribution in [0.25, 0.3) is 0 Å². The summed E-state index contributed by atoms with van der Waals surface area (Å²) in [6.45, 7) is 0.802. The topological polar surface area (TPSA) is 89.7 Å². The fourth-order valence-corrected chi connectivity index (χ4v) is 5.56. The number of rotatable bonds is 4. The maximum absolute atomic E-state index is 6.24. The maximum Gasteiger partial charge on any atom is 0.190 e. The van der Waals surface area contributed by atoms with E-state index in [2.05, 4.69) is 0 Å². The summed E-state index contributed by atoms with van der Waals surface area (Å²) >= 11 is 0. The number of benzene rings is 2. The van der Waals surface area contributed by atoms with Crippen molar-refractivity contribution in [1.82, 2.24) is 0 Å². The summed E-state index contributed by atoms with van der Waals surface area (Å²) in [4.78, 5) is 0. The number of epoxide rings is 2. The lowest BCUT2D eigenvalue weighted by Gasteiger charge is -2.42. The van der Waals surface area contributed by atoms with Gasteiger partial charge in [-0.3, -0.25) is 0 Å². The highest BCUT2D eigenvalue weighted by atomic mass is 16.8. The third kappa shape index (κ3) is 3.74. The zero-order valence-corrected chi connectivity index (χ0v) is 18.8. The molecule has 184 valence electrons. The number of hydrogen-bond donors (Lipinski definition) is 0. The van der Waals surface area contributed by atoms with E-state index < -0.39 is 25.2 Å². The van der Waals surface area contributed by atoms with E-state index in [0.29, 0.717) is 13.2 Å². The quantitative estimate of drug-likeness (QED) is 0.609. The van der Waals surface area contributed by atoms with Crippen molar-refractivity contribution in [1.29, 1.82) is 0 Å². The van der Waals surface area contributed by atoms with Crippen LogP contribution in [0, 0.1) is 0 Å². The molecule has 0 spiro atoms. The van der Waals surface area contributed by atoms with Gasteiger partial charge >= 0.3 is 0 Å². The first-order valence-electron chi connectivity index (χ1n) is 12.2. The first-order valence-corrected chi connectivity index (χ1v) is 12.2. The molecule has 0 aliphatic carbocycles. The molecule has 0 bridgehead atoms. The average molecular weight is 482 g/mol. The number of hydrogen-bond acceptors (Lipinski definition) is 9. The maximum atomic E-state index is 6.24. The van der Waals surface area contributed by atoms with E-state index in [-0.39, 0.29) is 48.8 Å². The van der Waals surface area contributed by atoms with Crippen LogP contribution in [0.15, 0.2) is 60.7 Å². The molecular formula is C26H26O9. The molecule has 6 fully saturated rings. The third-order valence-corrected chi connectivity index (χ3v) is 7.45. The molecular weight excluding hydrogens is 456 g/mol. The summed E-state index contributed by atoms with van der Waals surface area (Å²) in [6.07, 6.45) is -3.52. The molecule has 0 saturated carbocycles. The van der Waals surface area contributed by atoms with Crippen molar-refractivity contribution in [3.05, 3.63) is 71.8 Å². The predicted octanol–water partition coefficient (Wildman–Crippen LogP) is 2.22. The lowest BCUT2D eigenvalue weighted by atomic mass is 10.0. The lowest BCUT2D eigenvalue weighted by Crippen LogP contribution is -2.56. The van der Waals surface area contributed by atoms with E-state index in [1.807, 2.05) is 60.7 Å². The van der Waals surface area contributed by atoms with Crippen LogP contribution in [0.5, 0.6) is 0 Å². The molecule has 6 aliphatic rings. The Bertz CT molecular complexity index is 970. The molecule has 9 nitrogen and oxygen atoms in total. The molecule has 0 aromatic heterocycles. The van der Waals surface area contributed by atoms with Gasteiger partial charge in [0, 0.05) is 11.1 Å². The molecule has 12 atom stereocenters. The van der Waals surface area contributed by atoms with Crippen molar-refractivity contribution >= 4 is 0 Å². The van der Waals surface area contributed by atoms with E-state index in [1.165, 1.54) is 0 Å². The molecule has 9 heteroatoms. The fourth-order valence-electron chi connectivity index (χ4n) is 5.56. The van der Waals surface area contributed by atoms with Gasteiger partial charge in [-0.05, 0) is 0 Å². The summed E-state index contributed by atoms with van der Waals surface area (Å²) in [5, 5.41) is 0. The van der Waals surface area contributed by atoms with E-state index in [0.717, 1.165) is 11.1 Å². The van der Waals surface area contributed by atoms with Gasteiger partial charge in [0.1, 0.15) is 48.8 Å². The molecule has 35 heavy (non-hydrogen) atoms. The summed E-state index contributed by atoms with van der Waals surface area (Å²) in [5.41, 5.74) is 1.96. The highest BCUT2D eigenvalue weighted by Crippen LogP contribution is 2.47. The Hall–Kier alpha value is -1.92. The molecule has 0 N–H and O–H groups in total. The standard InChI is InChI=1S/C26H26O9/c1-3-7-13(8-4-1)23-27-11-15-17(33-23)19-21(31-19)25(29-15)35-26-22-20(32-22)18-16(30-26)12-28-24(34-18)14-9-5-2-6-10-14/h1-10,15-26H,11-12H2/t15-,16-,17-,18-,19-,20-,21-,22-,23-,24-,25-,26-/m1/s1. The summed E-state index contributed by atoms with van der Waals surface area (Å²) in [6, 6.07) is 19.8. The van der Waals surface area contributed by atoms with Gasteiger partial charge in [0.15, 0.2) is 25.2 Å². The van der Waals surface area contributed by atoms with Crippen molar-refractivity contribution in [3.63, 3.8) is 0 Å². The van der Waals surface area contributed by atoms with Gasteiger partial charge in [-0.25, -0.2) is 0 Å². The Morgan fingerprint density at radius 3 is 1.40 bits per heavy atom. The van der Waals surface area contributed by atoms with Crippen molar-refractivity contribution in [2.24, 2.45) is 0 Å². The Morgan fingerprint density at radius 1 is 0.486 bits per heavy atom. The van der Waals surface area contributed by atoms with E-state index >= 15 is 0 Å². The van der Waals surface area contributed by atoms with Gasteiger partial charge < -0.3 is 42.6 Å². The Morgan fingerprint density at radius 2 is 0.943 bits per heavy atom. The largest absolute Gasteiger partial charge is 0.361 e. The van der Waals surface area contributed by atoms with Crippen LogP contribution in [0.1, 0.15) is 23.7 Å². The SMILES string of the molecule is c1ccc([C@@H]2OC[C@H]3O[C@H](O[C@H]4O[C@@H]5CO[C@@H](c6ccccc6)O[C@H]5[C@H]5O[C@@H]45)[C@@H]4O[C@@H]4[C@@H]3O2)cc1. The fraction of sp³-hybridized carbons (Fsp3) is 0.538. The minimum Gasteiger partial charge on any atom is -0.361 e. The van der Waals surface area contributed by atoms with Crippen molar-refractivity contribution in [2.45, 2.75) is 74.0 Å². The van der Waals surface area contributed by atoms with E-state index in [4.69, 9.17) is 42.6 Å². The second-order valence-electron chi connectivity index (χ2n) is 9.71. The molecule has 0 unspecified atom stereocenters. The highest BCUT2D eigenvalue weighted by Gasteiger charge is 2.65. The summed E-state index contributed by atoms with van der Waals surface area (Å²) < 4.78 is 54.8. The van der Waals surface area contributed by atoms with E-state index in [9.17, 15) is 0 Å². The summed E-state index contributed by atoms with van der Waals surface area (Å²) in [5.74, 6) is 0. The van der Waals surface area contributed by atoms with Gasteiger partial charge in [0.05, 0.1) is 13.2 Å². The van der Waals surface area contributed by atoms with Crippen LogP contribution in [0.4, 0.5) is 0 Å². The van der Waals surface area contributed by atoms with Crippen LogP contribution in [-0.2, 0) is 42.6 Å². The zero-order chi connectivity index (χ0) is 22.9. The molecule has 6 aliphatic heterocycles. The van der Waals surface area contributed by atoms with Gasteiger partial charge in [-0.2, -0.15) is 0 Å². The van der Waals surface area contributed by atoms with Gasteiger partial charge in [0.25, 0.3) is 0 Å². The number of fused-ring (bicyclic) bond motifs is 6. The smallest absolute Gasteiger partial charge is 0.190 e. The van der Waals surface area contributed by atoms with Crippen molar-refractivity contribution in [3.8, 4) is 0 Å². The van der Waals surface area contributed by atoms with Crippen LogP contribution in [-0.4, -0.2) is 74.6 Å². The third-order valence-electron chi connectivity index (χ3n) is 7.45. The lowest BCUT2D eigenvalue weighted by molar-refractivity contribution is -0.352. The molecule has 0 amide bonds. The molecule has 0 radical (unpaired) electrons. The van der Waals surface area contributed by atoms with Crippen LogP contribution in [0.3, 0.4) is 0 Å². The zero-order valence-electron chi connectivity index (χ0n) is 18.8. The Kier molecular flexibility index (Phi) is 5.03. The monoisotopic (exact) mass is 482 g/mol. The first kappa shape index (κ1) is 21.2. The molecule has 2 aromatic carbocycles. The van der Waals surface area contributed by atoms with Gasteiger partial charge in [0.2, 0.25) is 0 Å². The van der Waals surface area contributed by atoms with Crippen LogP contribution >= 0.6 is 0 Å². The summed E-state index contributed by atoms with van der Waals surface area (Å²) in [7, 11) is 0. The van der Waals surface area contributed by atoms with Crippen LogP contribution < -0.4 is 0 Å². The average Bonchev–Trinajstić information content (AvgIpc) is 3.83. The Labute approximate surface area is 202 Å². The van der Waals surface area contributed by atoms with Crippen LogP contribution in [0.2, 0.25) is 0 Å². The normalized spacial score (nSPS) is 47.5. The predicted molar refractivity (Wildman–Crippen MR) is 116 cm³/mol. The van der Waals surface area contributed by atoms with Crippen molar-refractivity contribution in [2.75, 3.05) is 13.2 Å². The van der Waals surface area contributed by atoms with Gasteiger partial charge in [-0.15, -0.1) is 0 Å². The Balaban J connectivity index is 0.900. The van der Waals surface area contributed by atoms with Gasteiger partial charge in [-0.1, -0.05) is 60.7 Å². The second-order valence-corrected chi connectivity index (χ2v) is 9.71. The molecule has 8 rings (SSSR count). The highest BCUT2D eigenvalue weighted by molar-refractivity contribution is 5.18. The number of ether oxygens (including phenoxy) is 9. The molecule has 6 saturated heterocycles. The first-order chi connectivity index (χ1) is 17.3. The second kappa shape index (κ2) is 8.31. The van der Waals surface area contributed by atoms with Crippen molar-refractivity contribution < 1.29 is 42.6 Å². The molecule has 2 aromatic rings. The van der Waals surface area contributed by atoms with E-state index in [1.54, 1.807) is 0 Å². The molecule has 6 heterocycles. The minimum absolute atomic E-state index is 0.0888. The minimum atomic E-state index is -0.574.